The van der Waals surface area contributed by atoms with E-state index in [1.807, 2.05) is 6.92 Å². The van der Waals surface area contributed by atoms with E-state index >= 15 is 0 Å². The highest BCUT2D eigenvalue weighted by Crippen LogP contribution is 2.26. The lowest BCUT2D eigenvalue weighted by Crippen LogP contribution is -2.66. The highest BCUT2D eigenvalue weighted by atomic mass is 16.4. The monoisotopic (exact) mass is 218 g/mol. The molecule has 0 radical (unpaired) electrons. The summed E-state index contributed by atoms with van der Waals surface area (Å²) in [6.45, 7) is 1.91. The van der Waals surface area contributed by atoms with E-state index in [9.17, 15) is 9.59 Å². The number of aliphatic carboxylic acids is 2. The van der Waals surface area contributed by atoms with Crippen LogP contribution in [0.25, 0.3) is 0 Å². The first-order chi connectivity index (χ1) is 6.70. The maximum absolute atomic E-state index is 11.2. The van der Waals surface area contributed by atoms with Gasteiger partial charge in [-0.05, 0) is 6.42 Å². The summed E-state index contributed by atoms with van der Waals surface area (Å²) in [5.41, 5.74) is -1.74. The van der Waals surface area contributed by atoms with Crippen LogP contribution in [0.4, 0.5) is 0 Å². The van der Waals surface area contributed by atoms with Crippen LogP contribution in [0.1, 0.15) is 26.2 Å². The Morgan fingerprint density at radius 3 is 1.73 bits per heavy atom. The molecule has 0 aromatic heterocycles. The molecule has 0 aromatic carbocycles. The van der Waals surface area contributed by atoms with Crippen LogP contribution in [0, 0.1) is 0 Å². The van der Waals surface area contributed by atoms with E-state index in [0.717, 1.165) is 6.42 Å². The van der Waals surface area contributed by atoms with Crippen LogP contribution < -0.4 is 0 Å². The molecule has 0 rings (SSSR count). The van der Waals surface area contributed by atoms with Crippen molar-refractivity contribution < 1.29 is 24.3 Å². The zero-order valence-corrected chi connectivity index (χ0v) is 9.78. The number of unbranched alkanes of at least 4 members (excludes halogenated alkanes) is 1. The molecule has 0 bridgehead atoms. The van der Waals surface area contributed by atoms with Gasteiger partial charge in [0.05, 0.1) is 21.1 Å². The van der Waals surface area contributed by atoms with Crippen LogP contribution in [0.15, 0.2) is 0 Å². The van der Waals surface area contributed by atoms with Gasteiger partial charge >= 0.3 is 11.9 Å². The summed E-state index contributed by atoms with van der Waals surface area (Å²) in [7, 11) is 4.79. The smallest absolute Gasteiger partial charge is 0.377 e. The Balaban J connectivity index is 5.29. The van der Waals surface area contributed by atoms with Gasteiger partial charge in [-0.25, -0.2) is 9.59 Å². The third kappa shape index (κ3) is 2.47. The van der Waals surface area contributed by atoms with Gasteiger partial charge in [0.15, 0.2) is 0 Å². The van der Waals surface area contributed by atoms with Crippen molar-refractivity contribution in [2.24, 2.45) is 0 Å². The predicted octanol–water partition coefficient (Wildman–Crippen LogP) is 0.791. The van der Waals surface area contributed by atoms with Gasteiger partial charge in [0.2, 0.25) is 0 Å². The topological polar surface area (TPSA) is 74.6 Å². The van der Waals surface area contributed by atoms with E-state index in [4.69, 9.17) is 10.2 Å². The van der Waals surface area contributed by atoms with Crippen molar-refractivity contribution in [1.29, 1.82) is 0 Å². The van der Waals surface area contributed by atoms with E-state index in [1.165, 1.54) is 0 Å². The fraction of sp³-hybridized carbons (Fsp3) is 0.800. The van der Waals surface area contributed by atoms with Gasteiger partial charge in [0.25, 0.3) is 5.54 Å². The van der Waals surface area contributed by atoms with Crippen molar-refractivity contribution in [3.63, 3.8) is 0 Å². The largest absolute Gasteiger partial charge is 0.476 e. The minimum atomic E-state index is -1.74. The maximum atomic E-state index is 11.2. The van der Waals surface area contributed by atoms with E-state index < -0.39 is 17.5 Å². The highest BCUT2D eigenvalue weighted by molar-refractivity contribution is 6.01. The maximum Gasteiger partial charge on any atom is 0.377 e. The molecule has 88 valence electrons. The van der Waals surface area contributed by atoms with E-state index in [-0.39, 0.29) is 10.9 Å². The second-order valence-corrected chi connectivity index (χ2v) is 4.59. The van der Waals surface area contributed by atoms with Crippen LogP contribution in [0.5, 0.6) is 0 Å². The van der Waals surface area contributed by atoms with Crippen molar-refractivity contribution >= 4 is 11.9 Å². The van der Waals surface area contributed by atoms with Gasteiger partial charge < -0.3 is 14.7 Å². The number of nitrogens with zero attached hydrogens (tertiary/aromatic N) is 1. The quantitative estimate of drug-likeness (QED) is 0.510. The molecule has 2 N–H and O–H groups in total. The van der Waals surface area contributed by atoms with E-state index in [0.29, 0.717) is 6.42 Å². The molecule has 0 saturated heterocycles. The number of rotatable bonds is 6. The molecule has 5 nitrogen and oxygen atoms in total. The lowest BCUT2D eigenvalue weighted by atomic mass is 9.89. The molecule has 0 spiro atoms. The van der Waals surface area contributed by atoms with Crippen LogP contribution in [-0.4, -0.2) is 53.3 Å². The second kappa shape index (κ2) is 4.61. The Kier molecular flexibility index (Phi) is 4.27. The summed E-state index contributed by atoms with van der Waals surface area (Å²) < 4.78 is -0.113. The fourth-order valence-electron chi connectivity index (χ4n) is 1.65. The number of carbonyl (C=O) groups is 2. The van der Waals surface area contributed by atoms with Gasteiger partial charge in [-0.3, -0.25) is 0 Å². The van der Waals surface area contributed by atoms with Crippen LogP contribution in [0.2, 0.25) is 0 Å². The lowest BCUT2D eigenvalue weighted by Gasteiger charge is -2.39. The fourth-order valence-corrected chi connectivity index (χ4v) is 1.65. The Labute approximate surface area is 89.9 Å². The SMILES string of the molecule is CCCCC(C(=O)O)(C(=O)O)[N+](C)(C)C. The first kappa shape index (κ1) is 13.9. The number of hydrogen-bond acceptors (Lipinski definition) is 2. The number of carboxylic acid groups (broad SMARTS) is 2. The van der Waals surface area contributed by atoms with Gasteiger partial charge in [0, 0.05) is 6.42 Å². The Morgan fingerprint density at radius 2 is 1.53 bits per heavy atom. The van der Waals surface area contributed by atoms with Gasteiger partial charge in [-0.2, -0.15) is 0 Å². The Hall–Kier alpha value is -1.10. The summed E-state index contributed by atoms with van der Waals surface area (Å²) in [5, 5.41) is 18.3. The van der Waals surface area contributed by atoms with Crippen LogP contribution in [-0.2, 0) is 9.59 Å². The molecule has 0 aromatic rings. The highest BCUT2D eigenvalue weighted by Gasteiger charge is 2.57. The zero-order chi connectivity index (χ0) is 12.3. The Bertz CT molecular complexity index is 241. The predicted molar refractivity (Wildman–Crippen MR) is 55.6 cm³/mol. The summed E-state index contributed by atoms with van der Waals surface area (Å²) in [6.07, 6.45) is 1.52. The van der Waals surface area contributed by atoms with Crippen molar-refractivity contribution in [2.45, 2.75) is 31.7 Å². The summed E-state index contributed by atoms with van der Waals surface area (Å²) in [6, 6.07) is 0. The second-order valence-electron chi connectivity index (χ2n) is 4.59. The van der Waals surface area contributed by atoms with Gasteiger partial charge in [0.1, 0.15) is 0 Å². The minimum absolute atomic E-state index is 0.113. The first-order valence-corrected chi connectivity index (χ1v) is 4.98. The molecule has 5 heteroatoms. The molecule has 0 atom stereocenters. The van der Waals surface area contributed by atoms with Crippen molar-refractivity contribution in [3.05, 3.63) is 0 Å². The van der Waals surface area contributed by atoms with Crippen LogP contribution >= 0.6 is 0 Å². The molecule has 0 saturated carbocycles. The first-order valence-electron chi connectivity index (χ1n) is 4.98. The molecule has 0 aliphatic carbocycles. The summed E-state index contributed by atoms with van der Waals surface area (Å²) >= 11 is 0. The van der Waals surface area contributed by atoms with E-state index in [1.54, 1.807) is 21.1 Å². The molecule has 0 unspecified atom stereocenters. The summed E-state index contributed by atoms with van der Waals surface area (Å²) in [5.74, 6) is -2.54. The number of likely N-dealkylation sites (N-methyl/N-ethyl adjacent to an activating group) is 1. The average Bonchev–Trinajstić information content (AvgIpc) is 2.01. The third-order valence-electron chi connectivity index (χ3n) is 2.74. The molecule has 0 aliphatic heterocycles. The van der Waals surface area contributed by atoms with Gasteiger partial charge in [-0.15, -0.1) is 0 Å². The summed E-state index contributed by atoms with van der Waals surface area (Å²) in [4.78, 5) is 22.4. The average molecular weight is 218 g/mol. The number of hydrogen-bond donors (Lipinski definition) is 2. The van der Waals surface area contributed by atoms with E-state index in [2.05, 4.69) is 0 Å². The molecule has 15 heavy (non-hydrogen) atoms. The number of carboxylic acids is 2. The third-order valence-corrected chi connectivity index (χ3v) is 2.74. The van der Waals surface area contributed by atoms with Crippen molar-refractivity contribution in [3.8, 4) is 0 Å². The molecule has 0 fully saturated rings. The molecular formula is C10H20NO4+. The number of quaternary nitrogens is 1. The molecule has 0 heterocycles. The van der Waals surface area contributed by atoms with Crippen molar-refractivity contribution in [2.75, 3.05) is 21.1 Å². The van der Waals surface area contributed by atoms with Gasteiger partial charge in [-0.1, -0.05) is 13.3 Å². The zero-order valence-electron chi connectivity index (χ0n) is 9.78. The normalized spacial score (nSPS) is 12.5. The van der Waals surface area contributed by atoms with Crippen molar-refractivity contribution in [1.82, 2.24) is 0 Å². The lowest BCUT2D eigenvalue weighted by molar-refractivity contribution is -0.904. The molecule has 0 amide bonds. The minimum Gasteiger partial charge on any atom is -0.476 e. The molecular weight excluding hydrogens is 198 g/mol. The Morgan fingerprint density at radius 1 is 1.13 bits per heavy atom. The van der Waals surface area contributed by atoms with Crippen LogP contribution in [0.3, 0.4) is 0 Å². The standard InChI is InChI=1S/C10H19NO4/c1-5-6-7-10(8(12)13,9(14)15)11(2,3)4/h5-7H2,1-4H3,(H-,12,13,14,15)/p+1. The molecule has 0 aliphatic rings.